The minimum absolute atomic E-state index is 0.0119. The lowest BCUT2D eigenvalue weighted by Gasteiger charge is -2.11. The summed E-state index contributed by atoms with van der Waals surface area (Å²) < 4.78 is 43.5. The van der Waals surface area contributed by atoms with Crippen molar-refractivity contribution < 1.29 is 22.7 Å². The number of hydrogen-bond acceptors (Lipinski definition) is 5. The van der Waals surface area contributed by atoms with E-state index in [0.717, 1.165) is 12.1 Å². The first kappa shape index (κ1) is 19.2. The lowest BCUT2D eigenvalue weighted by molar-refractivity contribution is -0.137. The van der Waals surface area contributed by atoms with Crippen LogP contribution in [0.1, 0.15) is 16.1 Å². The first-order chi connectivity index (χ1) is 13.4. The third-order valence-electron chi connectivity index (χ3n) is 3.71. The van der Waals surface area contributed by atoms with Gasteiger partial charge in [0.25, 0.3) is 5.91 Å². The number of nitrogens with zero attached hydrogens (tertiary/aromatic N) is 2. The lowest BCUT2D eigenvalue weighted by atomic mass is 10.2. The Labute approximate surface area is 158 Å². The highest BCUT2D eigenvalue weighted by atomic mass is 19.4. The van der Waals surface area contributed by atoms with Crippen molar-refractivity contribution in [2.45, 2.75) is 6.18 Å². The van der Waals surface area contributed by atoms with Crippen molar-refractivity contribution in [2.24, 2.45) is 0 Å². The number of carbonyl (C=O) groups excluding carboxylic acids is 1. The number of benzene rings is 2. The van der Waals surface area contributed by atoms with Gasteiger partial charge in [0.1, 0.15) is 5.75 Å². The van der Waals surface area contributed by atoms with Crippen LogP contribution >= 0.6 is 0 Å². The van der Waals surface area contributed by atoms with Gasteiger partial charge in [0.2, 0.25) is 0 Å². The van der Waals surface area contributed by atoms with Crippen molar-refractivity contribution in [1.82, 2.24) is 10.2 Å². The molecule has 0 saturated carbocycles. The second-order valence-corrected chi connectivity index (χ2v) is 5.66. The van der Waals surface area contributed by atoms with E-state index in [1.165, 1.54) is 31.4 Å². The van der Waals surface area contributed by atoms with Gasteiger partial charge in [-0.25, -0.2) is 0 Å². The number of halogens is 3. The maximum absolute atomic E-state index is 12.8. The first-order valence-corrected chi connectivity index (χ1v) is 8.09. The van der Waals surface area contributed by atoms with Gasteiger partial charge in [-0.3, -0.25) is 4.79 Å². The van der Waals surface area contributed by atoms with Crippen LogP contribution in [0.5, 0.6) is 5.75 Å². The molecule has 2 N–H and O–H groups in total. The molecule has 1 heterocycles. The van der Waals surface area contributed by atoms with Crippen LogP contribution in [0.4, 0.5) is 30.4 Å². The third kappa shape index (κ3) is 4.56. The number of rotatable bonds is 5. The number of amides is 1. The Kier molecular flexibility index (Phi) is 5.44. The number of nitrogens with one attached hydrogen (secondary N) is 2. The summed E-state index contributed by atoms with van der Waals surface area (Å²) in [5.41, 5.74) is -0.214. The summed E-state index contributed by atoms with van der Waals surface area (Å²) in [6, 6.07) is 14.5. The molecule has 0 bridgehead atoms. The summed E-state index contributed by atoms with van der Waals surface area (Å²) in [6.45, 7) is 0. The molecular formula is C19H15F3N4O2. The van der Waals surface area contributed by atoms with E-state index in [1.807, 2.05) is 12.1 Å². The minimum atomic E-state index is -4.49. The number of alkyl halides is 3. The SMILES string of the molecule is COc1ccccc1Nc1ccc(C(=O)Nc2cccc(C(F)(F)F)c2)nn1. The molecule has 144 valence electrons. The smallest absolute Gasteiger partial charge is 0.416 e. The molecule has 1 aromatic heterocycles. The molecule has 3 rings (SSSR count). The molecule has 3 aromatic rings. The van der Waals surface area contributed by atoms with Gasteiger partial charge in [0.15, 0.2) is 11.5 Å². The topological polar surface area (TPSA) is 76.1 Å². The molecule has 0 spiro atoms. The Bertz CT molecular complexity index is 975. The number of para-hydroxylation sites is 2. The Morgan fingerprint density at radius 3 is 2.46 bits per heavy atom. The molecule has 0 fully saturated rings. The van der Waals surface area contributed by atoms with Gasteiger partial charge >= 0.3 is 6.18 Å². The van der Waals surface area contributed by atoms with Gasteiger partial charge in [-0.2, -0.15) is 13.2 Å². The quantitative estimate of drug-likeness (QED) is 0.673. The normalized spacial score (nSPS) is 11.0. The van der Waals surface area contributed by atoms with E-state index in [9.17, 15) is 18.0 Å². The average Bonchev–Trinajstić information content (AvgIpc) is 2.68. The molecule has 0 radical (unpaired) electrons. The molecule has 0 aliphatic carbocycles. The Balaban J connectivity index is 1.70. The summed E-state index contributed by atoms with van der Waals surface area (Å²) in [5.74, 6) is 0.312. The Morgan fingerprint density at radius 1 is 1.00 bits per heavy atom. The second kappa shape index (κ2) is 7.95. The number of ether oxygens (including phenoxy) is 1. The molecule has 9 heteroatoms. The monoisotopic (exact) mass is 388 g/mol. The standard InChI is InChI=1S/C19H15F3N4O2/c1-28-16-8-3-2-7-14(16)24-17-10-9-15(25-26-17)18(27)23-13-6-4-5-12(11-13)19(20,21)22/h2-11H,1H3,(H,23,27)(H,24,26). The molecule has 0 unspecified atom stereocenters. The average molecular weight is 388 g/mol. The van der Waals surface area contributed by atoms with Crippen molar-refractivity contribution in [3.63, 3.8) is 0 Å². The minimum Gasteiger partial charge on any atom is -0.495 e. The molecule has 0 aliphatic rings. The van der Waals surface area contributed by atoms with Crippen LogP contribution in [0.3, 0.4) is 0 Å². The highest BCUT2D eigenvalue weighted by Gasteiger charge is 2.30. The van der Waals surface area contributed by atoms with Gasteiger partial charge in [0.05, 0.1) is 18.4 Å². The molecule has 6 nitrogen and oxygen atoms in total. The Hall–Kier alpha value is -3.62. The maximum atomic E-state index is 12.8. The molecular weight excluding hydrogens is 373 g/mol. The molecule has 28 heavy (non-hydrogen) atoms. The van der Waals surface area contributed by atoms with Crippen molar-refractivity contribution in [2.75, 3.05) is 17.7 Å². The van der Waals surface area contributed by atoms with Crippen molar-refractivity contribution in [3.05, 3.63) is 71.9 Å². The van der Waals surface area contributed by atoms with E-state index < -0.39 is 17.6 Å². The Morgan fingerprint density at radius 2 is 1.79 bits per heavy atom. The fourth-order valence-electron chi connectivity index (χ4n) is 2.37. The van der Waals surface area contributed by atoms with Crippen LogP contribution in [0.15, 0.2) is 60.7 Å². The molecule has 0 atom stereocenters. The van der Waals surface area contributed by atoms with E-state index in [-0.39, 0.29) is 11.4 Å². The van der Waals surface area contributed by atoms with E-state index in [4.69, 9.17) is 4.74 Å². The van der Waals surface area contributed by atoms with E-state index in [1.54, 1.807) is 12.1 Å². The van der Waals surface area contributed by atoms with E-state index >= 15 is 0 Å². The van der Waals surface area contributed by atoms with Crippen molar-refractivity contribution in [3.8, 4) is 5.75 Å². The third-order valence-corrected chi connectivity index (χ3v) is 3.71. The summed E-state index contributed by atoms with van der Waals surface area (Å²) >= 11 is 0. The van der Waals surface area contributed by atoms with Crippen LogP contribution in [-0.4, -0.2) is 23.2 Å². The van der Waals surface area contributed by atoms with Gasteiger partial charge in [-0.15, -0.1) is 10.2 Å². The van der Waals surface area contributed by atoms with Crippen LogP contribution < -0.4 is 15.4 Å². The summed E-state index contributed by atoms with van der Waals surface area (Å²) in [7, 11) is 1.54. The van der Waals surface area contributed by atoms with Crippen molar-refractivity contribution >= 4 is 23.1 Å². The first-order valence-electron chi connectivity index (χ1n) is 8.09. The van der Waals surface area contributed by atoms with Crippen LogP contribution in [0.2, 0.25) is 0 Å². The van der Waals surface area contributed by atoms with Gasteiger partial charge in [-0.1, -0.05) is 18.2 Å². The molecule has 1 amide bonds. The fourth-order valence-corrected chi connectivity index (χ4v) is 2.37. The highest BCUT2D eigenvalue weighted by molar-refractivity contribution is 6.02. The fraction of sp³-hybridized carbons (Fsp3) is 0.105. The molecule has 0 saturated heterocycles. The van der Waals surface area contributed by atoms with Crippen LogP contribution in [0.25, 0.3) is 0 Å². The predicted octanol–water partition coefficient (Wildman–Crippen LogP) is 4.50. The zero-order chi connectivity index (χ0) is 20.1. The van der Waals surface area contributed by atoms with Crippen LogP contribution in [-0.2, 0) is 6.18 Å². The lowest BCUT2D eigenvalue weighted by Crippen LogP contribution is -2.15. The zero-order valence-corrected chi connectivity index (χ0v) is 14.6. The predicted molar refractivity (Wildman–Crippen MR) is 97.7 cm³/mol. The second-order valence-electron chi connectivity index (χ2n) is 5.66. The summed E-state index contributed by atoms with van der Waals surface area (Å²) in [6.07, 6.45) is -4.49. The number of anilines is 3. The maximum Gasteiger partial charge on any atom is 0.416 e. The zero-order valence-electron chi connectivity index (χ0n) is 14.6. The summed E-state index contributed by atoms with van der Waals surface area (Å²) in [5, 5.41) is 13.1. The van der Waals surface area contributed by atoms with Crippen LogP contribution in [0, 0.1) is 0 Å². The van der Waals surface area contributed by atoms with E-state index in [2.05, 4.69) is 20.8 Å². The van der Waals surface area contributed by atoms with Gasteiger partial charge in [-0.05, 0) is 42.5 Å². The highest BCUT2D eigenvalue weighted by Crippen LogP contribution is 2.30. The molecule has 0 aliphatic heterocycles. The number of aromatic nitrogens is 2. The number of carbonyl (C=O) groups is 1. The summed E-state index contributed by atoms with van der Waals surface area (Å²) in [4.78, 5) is 12.2. The van der Waals surface area contributed by atoms with Crippen molar-refractivity contribution in [1.29, 1.82) is 0 Å². The van der Waals surface area contributed by atoms with E-state index in [0.29, 0.717) is 17.3 Å². The number of hydrogen-bond donors (Lipinski definition) is 2. The van der Waals surface area contributed by atoms with Gasteiger partial charge in [0, 0.05) is 5.69 Å². The largest absolute Gasteiger partial charge is 0.495 e. The number of methoxy groups -OCH3 is 1. The van der Waals surface area contributed by atoms with Gasteiger partial charge < -0.3 is 15.4 Å². The molecule has 2 aromatic carbocycles.